The standard InChI is InChI=1S/C13H26N2O2/c1-10(2)15(11(3)4)6-5-14-8-12(9-16)7-13(14)17/h10-12,16H,5-9H2,1-4H3. The molecule has 1 heterocycles. The van der Waals surface area contributed by atoms with Crippen LogP contribution in [0.3, 0.4) is 0 Å². The Morgan fingerprint density at radius 3 is 2.35 bits per heavy atom. The van der Waals surface area contributed by atoms with Crippen molar-refractivity contribution in [2.24, 2.45) is 5.92 Å². The van der Waals surface area contributed by atoms with Crippen LogP contribution in [0.15, 0.2) is 0 Å². The lowest BCUT2D eigenvalue weighted by Crippen LogP contribution is -2.43. The number of rotatable bonds is 6. The minimum atomic E-state index is 0.125. The molecule has 4 heteroatoms. The minimum absolute atomic E-state index is 0.125. The maximum Gasteiger partial charge on any atom is 0.223 e. The van der Waals surface area contributed by atoms with Crippen LogP contribution in [0.5, 0.6) is 0 Å². The van der Waals surface area contributed by atoms with E-state index in [1.807, 2.05) is 4.90 Å². The summed E-state index contributed by atoms with van der Waals surface area (Å²) in [4.78, 5) is 16.0. The molecule has 1 unspecified atom stereocenters. The molecule has 0 bridgehead atoms. The van der Waals surface area contributed by atoms with Gasteiger partial charge in [0.25, 0.3) is 0 Å². The molecule has 1 saturated heterocycles. The average Bonchev–Trinajstić information content (AvgIpc) is 2.59. The van der Waals surface area contributed by atoms with Crippen molar-refractivity contribution in [2.75, 3.05) is 26.2 Å². The van der Waals surface area contributed by atoms with Crippen molar-refractivity contribution >= 4 is 5.91 Å². The summed E-state index contributed by atoms with van der Waals surface area (Å²) < 4.78 is 0. The predicted molar refractivity (Wildman–Crippen MR) is 68.8 cm³/mol. The van der Waals surface area contributed by atoms with E-state index in [1.165, 1.54) is 0 Å². The summed E-state index contributed by atoms with van der Waals surface area (Å²) in [6.45, 7) is 11.3. The van der Waals surface area contributed by atoms with Gasteiger partial charge in [0.05, 0.1) is 0 Å². The summed E-state index contributed by atoms with van der Waals surface area (Å²) in [5, 5.41) is 9.07. The molecule has 0 aromatic rings. The monoisotopic (exact) mass is 242 g/mol. The highest BCUT2D eigenvalue weighted by molar-refractivity contribution is 5.78. The summed E-state index contributed by atoms with van der Waals surface area (Å²) in [5.74, 6) is 0.338. The Morgan fingerprint density at radius 2 is 1.94 bits per heavy atom. The van der Waals surface area contributed by atoms with Crippen LogP contribution in [0.1, 0.15) is 34.1 Å². The molecule has 1 rings (SSSR count). The van der Waals surface area contributed by atoms with E-state index in [0.717, 1.165) is 19.6 Å². The van der Waals surface area contributed by atoms with Crippen LogP contribution in [0.25, 0.3) is 0 Å². The Bertz CT molecular complexity index is 246. The van der Waals surface area contributed by atoms with E-state index in [9.17, 15) is 4.79 Å². The third-order valence-corrected chi connectivity index (χ3v) is 3.51. The molecule has 1 aliphatic heterocycles. The van der Waals surface area contributed by atoms with Gasteiger partial charge in [0.1, 0.15) is 0 Å². The zero-order chi connectivity index (χ0) is 13.0. The molecule has 1 amide bonds. The van der Waals surface area contributed by atoms with Crippen molar-refractivity contribution in [3.63, 3.8) is 0 Å². The number of nitrogens with zero attached hydrogens (tertiary/aromatic N) is 2. The number of amides is 1. The van der Waals surface area contributed by atoms with Crippen LogP contribution in [-0.4, -0.2) is 59.1 Å². The van der Waals surface area contributed by atoms with Gasteiger partial charge >= 0.3 is 0 Å². The number of hydrogen-bond donors (Lipinski definition) is 1. The van der Waals surface area contributed by atoms with Crippen molar-refractivity contribution in [1.29, 1.82) is 0 Å². The Hall–Kier alpha value is -0.610. The van der Waals surface area contributed by atoms with Gasteiger partial charge < -0.3 is 10.0 Å². The molecule has 17 heavy (non-hydrogen) atoms. The lowest BCUT2D eigenvalue weighted by Gasteiger charge is -2.32. The molecule has 1 fully saturated rings. The van der Waals surface area contributed by atoms with Crippen LogP contribution < -0.4 is 0 Å². The van der Waals surface area contributed by atoms with E-state index in [2.05, 4.69) is 32.6 Å². The Kier molecular flexibility index (Phi) is 5.40. The lowest BCUT2D eigenvalue weighted by molar-refractivity contribution is -0.128. The van der Waals surface area contributed by atoms with Gasteiger partial charge in [-0.2, -0.15) is 0 Å². The molecular formula is C13H26N2O2. The lowest BCUT2D eigenvalue weighted by atomic mass is 10.1. The largest absolute Gasteiger partial charge is 0.396 e. The molecule has 1 atom stereocenters. The van der Waals surface area contributed by atoms with E-state index < -0.39 is 0 Å². The van der Waals surface area contributed by atoms with Gasteiger partial charge in [-0.05, 0) is 27.7 Å². The summed E-state index contributed by atoms with van der Waals surface area (Å²) in [5.41, 5.74) is 0. The average molecular weight is 242 g/mol. The van der Waals surface area contributed by atoms with Crippen LogP contribution in [-0.2, 0) is 4.79 Å². The van der Waals surface area contributed by atoms with Gasteiger partial charge in [0.15, 0.2) is 0 Å². The molecule has 0 spiro atoms. The third-order valence-electron chi connectivity index (χ3n) is 3.51. The Labute approximate surface area is 105 Å². The smallest absolute Gasteiger partial charge is 0.223 e. The highest BCUT2D eigenvalue weighted by atomic mass is 16.3. The first-order valence-electron chi connectivity index (χ1n) is 6.60. The molecule has 100 valence electrons. The first kappa shape index (κ1) is 14.5. The van der Waals surface area contributed by atoms with E-state index in [4.69, 9.17) is 5.11 Å². The first-order valence-corrected chi connectivity index (χ1v) is 6.60. The minimum Gasteiger partial charge on any atom is -0.396 e. The van der Waals surface area contributed by atoms with Gasteiger partial charge in [-0.25, -0.2) is 0 Å². The molecule has 0 aromatic heterocycles. The maximum atomic E-state index is 11.7. The van der Waals surface area contributed by atoms with Crippen molar-refractivity contribution in [3.05, 3.63) is 0 Å². The van der Waals surface area contributed by atoms with Crippen LogP contribution in [0, 0.1) is 5.92 Å². The zero-order valence-electron chi connectivity index (χ0n) is 11.5. The maximum absolute atomic E-state index is 11.7. The van der Waals surface area contributed by atoms with E-state index in [-0.39, 0.29) is 18.4 Å². The second-order valence-corrected chi connectivity index (χ2v) is 5.52. The topological polar surface area (TPSA) is 43.8 Å². The fourth-order valence-corrected chi connectivity index (χ4v) is 2.54. The van der Waals surface area contributed by atoms with Crippen LogP contribution in [0.2, 0.25) is 0 Å². The first-order chi connectivity index (χ1) is 7.95. The fraction of sp³-hybridized carbons (Fsp3) is 0.923. The number of carbonyl (C=O) groups is 1. The summed E-state index contributed by atoms with van der Waals surface area (Å²) in [7, 11) is 0. The molecule has 1 N–H and O–H groups in total. The third kappa shape index (κ3) is 3.96. The van der Waals surface area contributed by atoms with E-state index in [1.54, 1.807) is 0 Å². The number of aliphatic hydroxyl groups is 1. The molecule has 0 aliphatic carbocycles. The van der Waals surface area contributed by atoms with Gasteiger partial charge in [-0.1, -0.05) is 0 Å². The number of hydrogen-bond acceptors (Lipinski definition) is 3. The van der Waals surface area contributed by atoms with Crippen LogP contribution >= 0.6 is 0 Å². The molecule has 4 nitrogen and oxygen atoms in total. The van der Waals surface area contributed by atoms with E-state index in [0.29, 0.717) is 18.5 Å². The van der Waals surface area contributed by atoms with Gasteiger partial charge in [0, 0.05) is 50.7 Å². The molecule has 0 aromatic carbocycles. The van der Waals surface area contributed by atoms with Crippen molar-refractivity contribution in [3.8, 4) is 0 Å². The normalized spacial score (nSPS) is 21.3. The molecule has 1 aliphatic rings. The molecule has 0 radical (unpaired) electrons. The van der Waals surface area contributed by atoms with Gasteiger partial charge in [0.2, 0.25) is 5.91 Å². The second-order valence-electron chi connectivity index (χ2n) is 5.52. The zero-order valence-corrected chi connectivity index (χ0v) is 11.5. The molecular weight excluding hydrogens is 216 g/mol. The Morgan fingerprint density at radius 1 is 1.35 bits per heavy atom. The Balaban J connectivity index is 2.42. The van der Waals surface area contributed by atoms with Crippen molar-refractivity contribution in [2.45, 2.75) is 46.2 Å². The van der Waals surface area contributed by atoms with Gasteiger partial charge in [-0.15, -0.1) is 0 Å². The summed E-state index contributed by atoms with van der Waals surface area (Å²) >= 11 is 0. The second kappa shape index (κ2) is 6.36. The highest BCUT2D eigenvalue weighted by Crippen LogP contribution is 2.17. The van der Waals surface area contributed by atoms with Gasteiger partial charge in [-0.3, -0.25) is 9.69 Å². The highest BCUT2D eigenvalue weighted by Gasteiger charge is 2.29. The molecule has 0 saturated carbocycles. The summed E-state index contributed by atoms with van der Waals surface area (Å²) in [6, 6.07) is 1.00. The number of likely N-dealkylation sites (tertiary alicyclic amines) is 1. The van der Waals surface area contributed by atoms with Crippen molar-refractivity contribution < 1.29 is 9.90 Å². The van der Waals surface area contributed by atoms with Crippen LogP contribution in [0.4, 0.5) is 0 Å². The SMILES string of the molecule is CC(C)N(CCN1CC(CO)CC1=O)C(C)C. The fourth-order valence-electron chi connectivity index (χ4n) is 2.54. The quantitative estimate of drug-likeness (QED) is 0.754. The number of carbonyl (C=O) groups excluding carboxylic acids is 1. The summed E-state index contributed by atoms with van der Waals surface area (Å²) in [6.07, 6.45) is 0.514. The predicted octanol–water partition coefficient (Wildman–Crippen LogP) is 0.946. The number of aliphatic hydroxyl groups excluding tert-OH is 1. The van der Waals surface area contributed by atoms with Crippen molar-refractivity contribution in [1.82, 2.24) is 9.80 Å². The van der Waals surface area contributed by atoms with E-state index >= 15 is 0 Å².